The number of fused-ring (bicyclic) bond motifs is 3. The average molecular weight is 757 g/mol. The van der Waals surface area contributed by atoms with Crippen molar-refractivity contribution in [2.45, 2.75) is 51.6 Å². The predicted molar refractivity (Wildman–Crippen MR) is 202 cm³/mol. The third-order valence-corrected chi connectivity index (χ3v) is 9.73. The number of aromatic nitrogens is 3. The van der Waals surface area contributed by atoms with Crippen molar-refractivity contribution in [1.29, 1.82) is 0 Å². The van der Waals surface area contributed by atoms with Crippen molar-refractivity contribution < 1.29 is 32.5 Å². The highest BCUT2D eigenvalue weighted by atomic mass is 19.1. The van der Waals surface area contributed by atoms with Crippen molar-refractivity contribution in [2.24, 2.45) is 5.73 Å². The molecule has 1 amide bonds. The van der Waals surface area contributed by atoms with E-state index < -0.39 is 34.8 Å². The predicted octanol–water partition coefficient (Wildman–Crippen LogP) is 5.80. The monoisotopic (exact) mass is 756 g/mol. The van der Waals surface area contributed by atoms with Crippen LogP contribution in [0.25, 0.3) is 16.6 Å². The highest BCUT2D eigenvalue weighted by Gasteiger charge is 2.27. The molecule has 0 radical (unpaired) electrons. The second kappa shape index (κ2) is 15.5. The molecule has 3 N–H and O–H groups in total. The van der Waals surface area contributed by atoms with Crippen molar-refractivity contribution in [3.63, 3.8) is 0 Å². The largest absolute Gasteiger partial charge is 0.489 e. The molecular formula is C40H42F2N6O7. The Morgan fingerprint density at radius 2 is 1.71 bits per heavy atom. The fourth-order valence-corrected chi connectivity index (χ4v) is 6.62. The minimum absolute atomic E-state index is 0.0264. The number of nitrogens with one attached hydrogen (secondary N) is 1. The molecule has 2 aliphatic rings. The lowest BCUT2D eigenvalue weighted by Crippen LogP contribution is -2.48. The van der Waals surface area contributed by atoms with Gasteiger partial charge in [0, 0.05) is 48.3 Å². The van der Waals surface area contributed by atoms with Gasteiger partial charge in [0.25, 0.3) is 11.5 Å². The third-order valence-electron chi connectivity index (χ3n) is 9.73. The van der Waals surface area contributed by atoms with Crippen LogP contribution in [0.4, 0.5) is 14.5 Å². The number of piperidine rings is 1. The van der Waals surface area contributed by atoms with Crippen LogP contribution in [0.15, 0.2) is 76.6 Å². The molecule has 0 aliphatic carbocycles. The van der Waals surface area contributed by atoms with Gasteiger partial charge in [-0.05, 0) is 95.6 Å². The number of ether oxygens (including phenoxy) is 4. The maximum absolute atomic E-state index is 15.6. The molecule has 3 aromatic carbocycles. The van der Waals surface area contributed by atoms with Gasteiger partial charge in [0.15, 0.2) is 23.1 Å². The second-order valence-electron chi connectivity index (χ2n) is 14.3. The summed E-state index contributed by atoms with van der Waals surface area (Å²) in [5, 5.41) is 3.00. The zero-order valence-corrected chi connectivity index (χ0v) is 30.8. The number of hydrogen-bond donors (Lipinski definition) is 2. The fraction of sp³-hybridized carbons (Fsp3) is 0.350. The van der Waals surface area contributed by atoms with Crippen LogP contribution in [0, 0.1) is 11.6 Å². The number of carbonyl (C=O) groups is 1. The molecule has 55 heavy (non-hydrogen) atoms. The lowest BCUT2D eigenvalue weighted by Gasteiger charge is -2.36. The quantitative estimate of drug-likeness (QED) is 0.158. The molecular weight excluding hydrogens is 714 g/mol. The second-order valence-corrected chi connectivity index (χ2v) is 14.3. The first kappa shape index (κ1) is 37.5. The van der Waals surface area contributed by atoms with Crippen LogP contribution in [0.2, 0.25) is 0 Å². The van der Waals surface area contributed by atoms with E-state index in [4.69, 9.17) is 24.7 Å². The van der Waals surface area contributed by atoms with E-state index in [0.717, 1.165) is 67.9 Å². The summed E-state index contributed by atoms with van der Waals surface area (Å²) >= 11 is 0. The summed E-state index contributed by atoms with van der Waals surface area (Å²) in [5.74, 6) is -0.880. The Balaban J connectivity index is 1.09. The SMILES string of the molecule is CC(C)n1cc(C(=O)Nc2ccc(Oc3ccnc4cc(OCCCN5CCC(C)(N)CC5)c5c(c34)OCCO5)c(F)c2)c(=O)n(-c2ccc(F)cc2)c1=O. The Bertz CT molecular complexity index is 2350. The molecule has 2 aromatic heterocycles. The van der Waals surface area contributed by atoms with Crippen LogP contribution in [-0.4, -0.2) is 69.9 Å². The summed E-state index contributed by atoms with van der Waals surface area (Å²) < 4.78 is 55.5. The van der Waals surface area contributed by atoms with Gasteiger partial charge >= 0.3 is 5.69 Å². The minimum Gasteiger partial charge on any atom is -0.489 e. The Labute approximate surface area is 315 Å². The zero-order chi connectivity index (χ0) is 38.9. The number of anilines is 1. The van der Waals surface area contributed by atoms with Gasteiger partial charge < -0.3 is 34.9 Å². The molecule has 2 aliphatic heterocycles. The van der Waals surface area contributed by atoms with E-state index in [1.807, 2.05) is 0 Å². The average Bonchev–Trinajstić information content (AvgIpc) is 3.15. The van der Waals surface area contributed by atoms with E-state index in [-0.39, 0.29) is 40.6 Å². The normalized spacial score (nSPS) is 15.3. The number of nitrogens with two attached hydrogens (primary N) is 1. The van der Waals surface area contributed by atoms with Gasteiger partial charge in [-0.1, -0.05) is 0 Å². The number of carbonyl (C=O) groups excluding carboxylic acids is 1. The molecule has 0 atom stereocenters. The molecule has 0 spiro atoms. The van der Waals surface area contributed by atoms with E-state index in [9.17, 15) is 18.8 Å². The highest BCUT2D eigenvalue weighted by molar-refractivity contribution is 6.04. The van der Waals surface area contributed by atoms with Gasteiger partial charge in [0.05, 0.1) is 23.2 Å². The molecule has 5 aromatic rings. The van der Waals surface area contributed by atoms with Gasteiger partial charge in [-0.3, -0.25) is 19.1 Å². The van der Waals surface area contributed by atoms with Crippen LogP contribution in [0.1, 0.15) is 56.4 Å². The number of halogens is 2. The Kier molecular flexibility index (Phi) is 10.6. The van der Waals surface area contributed by atoms with Gasteiger partial charge in [0.2, 0.25) is 5.75 Å². The van der Waals surface area contributed by atoms with E-state index in [1.54, 1.807) is 26.0 Å². The van der Waals surface area contributed by atoms with E-state index in [1.165, 1.54) is 35.0 Å². The molecule has 15 heteroatoms. The van der Waals surface area contributed by atoms with E-state index >= 15 is 4.39 Å². The summed E-state index contributed by atoms with van der Waals surface area (Å²) in [7, 11) is 0. The maximum Gasteiger partial charge on any atom is 0.335 e. The number of nitrogens with zero attached hydrogens (tertiary/aromatic N) is 4. The first-order valence-electron chi connectivity index (χ1n) is 18.2. The third kappa shape index (κ3) is 8.03. The van der Waals surface area contributed by atoms with Gasteiger partial charge in [-0.15, -0.1) is 0 Å². The molecule has 288 valence electrons. The van der Waals surface area contributed by atoms with E-state index in [2.05, 4.69) is 22.1 Å². The number of benzene rings is 3. The first-order chi connectivity index (χ1) is 26.4. The fourth-order valence-electron chi connectivity index (χ4n) is 6.62. The molecule has 4 heterocycles. The van der Waals surface area contributed by atoms with Crippen molar-refractivity contribution in [3.05, 3.63) is 105 Å². The summed E-state index contributed by atoms with van der Waals surface area (Å²) in [6.45, 7) is 9.36. The van der Waals surface area contributed by atoms with Gasteiger partial charge in [-0.2, -0.15) is 0 Å². The Morgan fingerprint density at radius 1 is 0.982 bits per heavy atom. The first-order valence-corrected chi connectivity index (χ1v) is 18.2. The minimum atomic E-state index is -0.920. The van der Waals surface area contributed by atoms with Gasteiger partial charge in [-0.25, -0.2) is 18.1 Å². The maximum atomic E-state index is 15.6. The number of rotatable bonds is 11. The number of hydrogen-bond acceptors (Lipinski definition) is 10. The molecule has 0 bridgehead atoms. The number of amides is 1. The van der Waals surface area contributed by atoms with Crippen molar-refractivity contribution in [1.82, 2.24) is 19.0 Å². The summed E-state index contributed by atoms with van der Waals surface area (Å²) in [5.41, 5.74) is 4.77. The molecule has 0 unspecified atom stereocenters. The molecule has 7 rings (SSSR count). The highest BCUT2D eigenvalue weighted by Crippen LogP contribution is 2.48. The Hall–Kier alpha value is -5.80. The van der Waals surface area contributed by atoms with Crippen molar-refractivity contribution in [3.8, 4) is 34.4 Å². The summed E-state index contributed by atoms with van der Waals surface area (Å²) in [6.07, 6.45) is 5.41. The standard InChI is InChI=1S/C40H42F2N6O7/c1-24(2)47-23-28(38(50)48(39(47)51)27-8-5-25(41)6-9-27)37(49)45-26-7-10-31(29(42)21-26)55-32-11-14-44-30-22-33(35-36(34(30)32)54-20-19-53-35)52-18-4-15-46-16-12-40(3,43)13-17-46/h5-11,14,21-24H,4,12-13,15-20,43H2,1-3H3,(H,45,49). The summed E-state index contributed by atoms with van der Waals surface area (Å²) in [4.78, 5) is 47.0. The van der Waals surface area contributed by atoms with Crippen molar-refractivity contribution in [2.75, 3.05) is 44.8 Å². The van der Waals surface area contributed by atoms with Crippen LogP contribution >= 0.6 is 0 Å². The lowest BCUT2D eigenvalue weighted by atomic mass is 9.91. The molecule has 1 fully saturated rings. The number of likely N-dealkylation sites (tertiary alicyclic amines) is 1. The molecule has 13 nitrogen and oxygen atoms in total. The molecule has 0 saturated carbocycles. The summed E-state index contributed by atoms with van der Waals surface area (Å²) in [6, 6.07) is 11.4. The molecule has 1 saturated heterocycles. The Morgan fingerprint density at radius 3 is 2.42 bits per heavy atom. The number of pyridine rings is 1. The van der Waals surface area contributed by atoms with Crippen molar-refractivity contribution >= 4 is 22.5 Å². The van der Waals surface area contributed by atoms with Crippen LogP contribution in [0.3, 0.4) is 0 Å². The van der Waals surface area contributed by atoms with Crippen LogP contribution < -0.4 is 41.2 Å². The van der Waals surface area contributed by atoms with Gasteiger partial charge in [0.1, 0.15) is 30.3 Å². The van der Waals surface area contributed by atoms with Crippen LogP contribution in [0.5, 0.6) is 28.7 Å². The van der Waals surface area contributed by atoms with Crippen LogP contribution in [-0.2, 0) is 0 Å². The van der Waals surface area contributed by atoms with E-state index in [0.29, 0.717) is 41.4 Å². The smallest absolute Gasteiger partial charge is 0.335 e. The topological polar surface area (TPSA) is 152 Å². The zero-order valence-electron chi connectivity index (χ0n) is 30.8. The lowest BCUT2D eigenvalue weighted by molar-refractivity contribution is 0.102.